The first kappa shape index (κ1) is 19.9. The van der Waals surface area contributed by atoms with E-state index in [-0.39, 0.29) is 11.8 Å². The molecule has 148 valence electrons. The number of hydrogen-bond acceptors (Lipinski definition) is 5. The van der Waals surface area contributed by atoms with Crippen LogP contribution in [0.1, 0.15) is 27.6 Å². The fourth-order valence-electron chi connectivity index (χ4n) is 2.64. The molecular formula is C22H21N3O4. The molecule has 0 aliphatic rings. The molecule has 2 amide bonds. The molecule has 0 unspecified atom stereocenters. The molecule has 3 rings (SSSR count). The van der Waals surface area contributed by atoms with Crippen LogP contribution in [0.5, 0.6) is 11.5 Å². The number of rotatable bonds is 7. The minimum atomic E-state index is -0.303. The van der Waals surface area contributed by atoms with Gasteiger partial charge in [-0.15, -0.1) is 0 Å². The van der Waals surface area contributed by atoms with E-state index >= 15 is 0 Å². The van der Waals surface area contributed by atoms with Crippen LogP contribution in [0.25, 0.3) is 0 Å². The van der Waals surface area contributed by atoms with E-state index in [0.29, 0.717) is 40.6 Å². The second kappa shape index (κ2) is 9.36. The number of methoxy groups -OCH3 is 1. The van der Waals surface area contributed by atoms with Crippen LogP contribution in [0.2, 0.25) is 0 Å². The minimum Gasteiger partial charge on any atom is -0.494 e. The molecule has 0 aliphatic carbocycles. The number of hydrogen-bond donors (Lipinski definition) is 2. The summed E-state index contributed by atoms with van der Waals surface area (Å²) in [6, 6.07) is 15.2. The second-order valence-electron chi connectivity index (χ2n) is 6.02. The number of carbonyl (C=O) groups excluding carboxylic acids is 2. The molecule has 29 heavy (non-hydrogen) atoms. The third-order valence-electron chi connectivity index (χ3n) is 4.06. The van der Waals surface area contributed by atoms with Crippen LogP contribution in [0.4, 0.5) is 11.4 Å². The summed E-state index contributed by atoms with van der Waals surface area (Å²) in [5.74, 6) is 0.566. The Kier molecular flexibility index (Phi) is 6.42. The zero-order chi connectivity index (χ0) is 20.6. The number of aromatic nitrogens is 1. The molecular weight excluding hydrogens is 370 g/mol. The van der Waals surface area contributed by atoms with Crippen LogP contribution in [0.3, 0.4) is 0 Å². The quantitative estimate of drug-likeness (QED) is 0.636. The van der Waals surface area contributed by atoms with Gasteiger partial charge in [0.15, 0.2) is 0 Å². The lowest BCUT2D eigenvalue weighted by Crippen LogP contribution is -2.14. The van der Waals surface area contributed by atoms with E-state index in [0.717, 1.165) is 0 Å². The zero-order valence-electron chi connectivity index (χ0n) is 16.1. The second-order valence-corrected chi connectivity index (χ2v) is 6.02. The Morgan fingerprint density at radius 1 is 0.966 bits per heavy atom. The summed E-state index contributed by atoms with van der Waals surface area (Å²) in [4.78, 5) is 28.7. The number of amides is 2. The van der Waals surface area contributed by atoms with Crippen molar-refractivity contribution < 1.29 is 19.1 Å². The smallest absolute Gasteiger partial charge is 0.257 e. The Bertz CT molecular complexity index is 989. The Balaban J connectivity index is 1.71. The van der Waals surface area contributed by atoms with Crippen LogP contribution in [0, 0.1) is 0 Å². The van der Waals surface area contributed by atoms with Crippen molar-refractivity contribution in [2.24, 2.45) is 0 Å². The maximum Gasteiger partial charge on any atom is 0.257 e. The maximum absolute atomic E-state index is 12.5. The van der Waals surface area contributed by atoms with Crippen molar-refractivity contribution in [3.63, 3.8) is 0 Å². The fraction of sp³-hybridized carbons (Fsp3) is 0.136. The highest BCUT2D eigenvalue weighted by Crippen LogP contribution is 2.28. The lowest BCUT2D eigenvalue weighted by Gasteiger charge is -2.13. The predicted octanol–water partition coefficient (Wildman–Crippen LogP) is 3.99. The van der Waals surface area contributed by atoms with Gasteiger partial charge in [-0.2, -0.15) is 0 Å². The number of nitrogens with zero attached hydrogens (tertiary/aromatic N) is 1. The van der Waals surface area contributed by atoms with Gasteiger partial charge in [-0.1, -0.05) is 0 Å². The molecule has 0 bridgehead atoms. The van der Waals surface area contributed by atoms with Crippen LogP contribution < -0.4 is 20.1 Å². The van der Waals surface area contributed by atoms with Gasteiger partial charge in [0.25, 0.3) is 11.8 Å². The number of nitrogens with one attached hydrogen (secondary N) is 2. The highest BCUT2D eigenvalue weighted by atomic mass is 16.5. The number of ether oxygens (including phenoxy) is 2. The lowest BCUT2D eigenvalue weighted by molar-refractivity contribution is 0.101. The topological polar surface area (TPSA) is 89.6 Å². The predicted molar refractivity (Wildman–Crippen MR) is 111 cm³/mol. The van der Waals surface area contributed by atoms with Crippen molar-refractivity contribution >= 4 is 23.2 Å². The van der Waals surface area contributed by atoms with Crippen LogP contribution in [-0.2, 0) is 0 Å². The molecule has 1 aromatic heterocycles. The standard InChI is InChI=1S/C22H21N3O4/c1-3-29-18-9-6-15(7-10-18)21(26)24-17-8-11-19(20(13-17)28-2)25-22(27)16-5-4-12-23-14-16/h4-14H,3H2,1-2H3,(H,24,26)(H,25,27). The normalized spacial score (nSPS) is 10.1. The first-order chi connectivity index (χ1) is 14.1. The van der Waals surface area contributed by atoms with Gasteiger partial charge < -0.3 is 20.1 Å². The van der Waals surface area contributed by atoms with Gasteiger partial charge in [0.1, 0.15) is 11.5 Å². The molecule has 0 saturated heterocycles. The molecule has 3 aromatic rings. The molecule has 0 saturated carbocycles. The summed E-state index contributed by atoms with van der Waals surface area (Å²) in [6.45, 7) is 2.46. The average Bonchev–Trinajstić information content (AvgIpc) is 2.76. The molecule has 0 aliphatic heterocycles. The summed E-state index contributed by atoms with van der Waals surface area (Å²) >= 11 is 0. The van der Waals surface area contributed by atoms with Crippen molar-refractivity contribution in [3.8, 4) is 11.5 Å². The Hall–Kier alpha value is -3.87. The Morgan fingerprint density at radius 2 is 1.72 bits per heavy atom. The largest absolute Gasteiger partial charge is 0.494 e. The summed E-state index contributed by atoms with van der Waals surface area (Å²) in [6.07, 6.45) is 3.08. The molecule has 7 nitrogen and oxygen atoms in total. The summed E-state index contributed by atoms with van der Waals surface area (Å²) in [7, 11) is 1.49. The molecule has 0 atom stereocenters. The number of anilines is 2. The molecule has 2 aromatic carbocycles. The first-order valence-corrected chi connectivity index (χ1v) is 9.04. The zero-order valence-corrected chi connectivity index (χ0v) is 16.1. The van der Waals surface area contributed by atoms with Crippen LogP contribution >= 0.6 is 0 Å². The van der Waals surface area contributed by atoms with E-state index in [1.165, 1.54) is 13.3 Å². The molecule has 0 fully saturated rings. The minimum absolute atomic E-state index is 0.262. The van der Waals surface area contributed by atoms with E-state index in [1.807, 2.05) is 6.92 Å². The number of pyridine rings is 1. The van der Waals surface area contributed by atoms with Gasteiger partial charge >= 0.3 is 0 Å². The highest BCUT2D eigenvalue weighted by molar-refractivity contribution is 6.06. The van der Waals surface area contributed by atoms with Gasteiger partial charge in [-0.25, -0.2) is 0 Å². The van der Waals surface area contributed by atoms with Crippen molar-refractivity contribution in [3.05, 3.63) is 78.1 Å². The van der Waals surface area contributed by atoms with Gasteiger partial charge in [0, 0.05) is 29.7 Å². The first-order valence-electron chi connectivity index (χ1n) is 9.04. The summed E-state index contributed by atoms with van der Waals surface area (Å²) < 4.78 is 10.7. The highest BCUT2D eigenvalue weighted by Gasteiger charge is 2.12. The third-order valence-corrected chi connectivity index (χ3v) is 4.06. The van der Waals surface area contributed by atoms with E-state index in [1.54, 1.807) is 60.8 Å². The van der Waals surface area contributed by atoms with Crippen molar-refractivity contribution in [1.29, 1.82) is 0 Å². The van der Waals surface area contributed by atoms with Crippen molar-refractivity contribution in [2.75, 3.05) is 24.4 Å². The van der Waals surface area contributed by atoms with E-state index in [4.69, 9.17) is 9.47 Å². The SMILES string of the molecule is CCOc1ccc(C(=O)Nc2ccc(NC(=O)c3cccnc3)c(OC)c2)cc1. The molecule has 0 radical (unpaired) electrons. The van der Waals surface area contributed by atoms with Crippen LogP contribution in [0.15, 0.2) is 67.0 Å². The third kappa shape index (κ3) is 5.10. The van der Waals surface area contributed by atoms with Crippen molar-refractivity contribution in [2.45, 2.75) is 6.92 Å². The van der Waals surface area contributed by atoms with Crippen LogP contribution in [-0.4, -0.2) is 30.5 Å². The van der Waals surface area contributed by atoms with Gasteiger partial charge in [-0.3, -0.25) is 14.6 Å². The van der Waals surface area contributed by atoms with E-state index in [2.05, 4.69) is 15.6 Å². The van der Waals surface area contributed by atoms with Gasteiger partial charge in [-0.05, 0) is 55.5 Å². The van der Waals surface area contributed by atoms with E-state index < -0.39 is 0 Å². The molecule has 7 heteroatoms. The number of carbonyl (C=O) groups is 2. The monoisotopic (exact) mass is 391 g/mol. The van der Waals surface area contributed by atoms with E-state index in [9.17, 15) is 9.59 Å². The summed E-state index contributed by atoms with van der Waals surface area (Å²) in [5, 5.41) is 5.59. The number of benzene rings is 2. The van der Waals surface area contributed by atoms with Crippen molar-refractivity contribution in [1.82, 2.24) is 4.98 Å². The average molecular weight is 391 g/mol. The van der Waals surface area contributed by atoms with Gasteiger partial charge in [0.05, 0.1) is 25.0 Å². The Labute approximate surface area is 168 Å². The summed E-state index contributed by atoms with van der Waals surface area (Å²) in [5.41, 5.74) is 1.96. The fourth-order valence-corrected chi connectivity index (χ4v) is 2.64. The Morgan fingerprint density at radius 3 is 2.38 bits per heavy atom. The maximum atomic E-state index is 12.5. The molecule has 1 heterocycles. The molecule has 2 N–H and O–H groups in total. The lowest BCUT2D eigenvalue weighted by atomic mass is 10.2. The molecule has 0 spiro atoms. The van der Waals surface area contributed by atoms with Gasteiger partial charge in [0.2, 0.25) is 0 Å².